The molecule has 1 heterocycles. The summed E-state index contributed by atoms with van der Waals surface area (Å²) in [5, 5.41) is 0. The van der Waals surface area contributed by atoms with Gasteiger partial charge in [-0.15, -0.1) is 0 Å². The number of hydrogen-bond acceptors (Lipinski definition) is 2. The Morgan fingerprint density at radius 2 is 1.67 bits per heavy atom. The Bertz CT molecular complexity index is 256. The van der Waals surface area contributed by atoms with E-state index in [1.165, 1.54) is 51.5 Å². The Kier molecular flexibility index (Phi) is 4.71. The van der Waals surface area contributed by atoms with Crippen LogP contribution in [0.15, 0.2) is 0 Å². The van der Waals surface area contributed by atoms with Crippen LogP contribution in [-0.4, -0.2) is 30.1 Å². The lowest BCUT2D eigenvalue weighted by molar-refractivity contribution is 0.00164. The molecule has 0 aromatic carbocycles. The molecule has 1 aliphatic heterocycles. The van der Waals surface area contributed by atoms with Crippen LogP contribution in [0.4, 0.5) is 0 Å². The fraction of sp³-hybridized carbons (Fsp3) is 1.00. The number of rotatable bonds is 2. The van der Waals surface area contributed by atoms with Gasteiger partial charge in [-0.25, -0.2) is 0 Å². The van der Waals surface area contributed by atoms with Crippen LogP contribution in [0.5, 0.6) is 0 Å². The van der Waals surface area contributed by atoms with Gasteiger partial charge in [0.1, 0.15) is 0 Å². The van der Waals surface area contributed by atoms with Crippen molar-refractivity contribution in [2.24, 2.45) is 17.1 Å². The van der Waals surface area contributed by atoms with Gasteiger partial charge in [0.25, 0.3) is 0 Å². The van der Waals surface area contributed by atoms with Gasteiger partial charge in [-0.2, -0.15) is 0 Å². The second-order valence-corrected chi connectivity index (χ2v) is 7.45. The van der Waals surface area contributed by atoms with Crippen LogP contribution < -0.4 is 5.73 Å². The van der Waals surface area contributed by atoms with Crippen LogP contribution in [0, 0.1) is 11.3 Å². The molecule has 0 aromatic rings. The zero-order chi connectivity index (χ0) is 13.2. The van der Waals surface area contributed by atoms with E-state index in [4.69, 9.17) is 5.73 Å². The minimum absolute atomic E-state index is 0.446. The first-order valence-corrected chi connectivity index (χ1v) is 8.00. The number of piperidine rings is 1. The molecule has 0 amide bonds. The Morgan fingerprint density at radius 3 is 2.33 bits per heavy atom. The molecule has 0 aromatic heterocycles. The van der Waals surface area contributed by atoms with Crippen molar-refractivity contribution in [1.29, 1.82) is 0 Å². The number of nitrogens with zero attached hydrogens (tertiary/aromatic N) is 1. The summed E-state index contributed by atoms with van der Waals surface area (Å²) in [5.74, 6) is 0.860. The average molecular weight is 252 g/mol. The van der Waals surface area contributed by atoms with Gasteiger partial charge in [0.15, 0.2) is 0 Å². The van der Waals surface area contributed by atoms with Crippen LogP contribution >= 0.6 is 0 Å². The minimum atomic E-state index is 0.446. The zero-order valence-electron chi connectivity index (χ0n) is 12.6. The lowest BCUT2D eigenvalue weighted by Gasteiger charge is -2.50. The van der Waals surface area contributed by atoms with Crippen molar-refractivity contribution >= 4 is 0 Å². The van der Waals surface area contributed by atoms with Crippen LogP contribution in [0.1, 0.15) is 65.7 Å². The number of likely N-dealkylation sites (tertiary alicyclic amines) is 1. The Balaban J connectivity index is 2.12. The SMILES string of the molecule is CC(C)(C)C1CCCCC1N1CCCCC1CN. The summed E-state index contributed by atoms with van der Waals surface area (Å²) in [4.78, 5) is 2.79. The van der Waals surface area contributed by atoms with E-state index in [9.17, 15) is 0 Å². The van der Waals surface area contributed by atoms with Gasteiger partial charge in [0, 0.05) is 18.6 Å². The molecule has 2 fully saturated rings. The molecule has 0 bridgehead atoms. The summed E-state index contributed by atoms with van der Waals surface area (Å²) in [6, 6.07) is 1.46. The predicted octanol–water partition coefficient (Wildman–Crippen LogP) is 3.40. The third kappa shape index (κ3) is 3.08. The van der Waals surface area contributed by atoms with E-state index in [0.29, 0.717) is 11.5 Å². The second kappa shape index (κ2) is 5.92. The second-order valence-electron chi connectivity index (χ2n) is 7.45. The van der Waals surface area contributed by atoms with Gasteiger partial charge < -0.3 is 5.73 Å². The summed E-state index contributed by atoms with van der Waals surface area (Å²) in [7, 11) is 0. The monoisotopic (exact) mass is 252 g/mol. The molecule has 1 saturated carbocycles. The van der Waals surface area contributed by atoms with Gasteiger partial charge in [-0.05, 0) is 43.6 Å². The summed E-state index contributed by atoms with van der Waals surface area (Å²) in [5.41, 5.74) is 6.46. The van der Waals surface area contributed by atoms with Crippen molar-refractivity contribution in [3.63, 3.8) is 0 Å². The van der Waals surface area contributed by atoms with Gasteiger partial charge >= 0.3 is 0 Å². The van der Waals surface area contributed by atoms with Crippen molar-refractivity contribution in [2.45, 2.75) is 77.8 Å². The molecular weight excluding hydrogens is 220 g/mol. The quantitative estimate of drug-likeness (QED) is 0.816. The molecule has 2 heteroatoms. The molecule has 18 heavy (non-hydrogen) atoms. The Hall–Kier alpha value is -0.0800. The first-order chi connectivity index (χ1) is 8.54. The molecule has 0 spiro atoms. The highest BCUT2D eigenvalue weighted by molar-refractivity contribution is 4.93. The van der Waals surface area contributed by atoms with Crippen LogP contribution in [0.3, 0.4) is 0 Å². The first-order valence-electron chi connectivity index (χ1n) is 8.00. The highest BCUT2D eigenvalue weighted by Gasteiger charge is 2.39. The maximum atomic E-state index is 6.01. The molecule has 0 radical (unpaired) electrons. The molecule has 3 unspecified atom stereocenters. The highest BCUT2D eigenvalue weighted by atomic mass is 15.2. The Morgan fingerprint density at radius 1 is 1.00 bits per heavy atom. The molecule has 1 saturated heterocycles. The van der Waals surface area contributed by atoms with E-state index in [0.717, 1.165) is 18.5 Å². The van der Waals surface area contributed by atoms with Gasteiger partial charge in [0.2, 0.25) is 0 Å². The molecule has 1 aliphatic carbocycles. The molecule has 2 N–H and O–H groups in total. The molecule has 2 aliphatic rings. The summed E-state index contributed by atoms with van der Waals surface area (Å²) < 4.78 is 0. The third-order valence-corrected chi connectivity index (χ3v) is 5.21. The zero-order valence-corrected chi connectivity index (χ0v) is 12.6. The molecule has 2 rings (SSSR count). The van der Waals surface area contributed by atoms with Gasteiger partial charge in [0.05, 0.1) is 0 Å². The summed E-state index contributed by atoms with van der Waals surface area (Å²) in [6.07, 6.45) is 9.75. The minimum Gasteiger partial charge on any atom is -0.329 e. The van der Waals surface area contributed by atoms with Gasteiger partial charge in [-0.1, -0.05) is 40.0 Å². The largest absolute Gasteiger partial charge is 0.329 e. The highest BCUT2D eigenvalue weighted by Crippen LogP contribution is 2.41. The van der Waals surface area contributed by atoms with Crippen molar-refractivity contribution in [3.05, 3.63) is 0 Å². The summed E-state index contributed by atoms with van der Waals surface area (Å²) in [6.45, 7) is 9.43. The maximum Gasteiger partial charge on any atom is 0.0221 e. The maximum absolute atomic E-state index is 6.01. The normalized spacial score (nSPS) is 35.7. The van der Waals surface area contributed by atoms with E-state index in [1.807, 2.05) is 0 Å². The van der Waals surface area contributed by atoms with E-state index in [1.54, 1.807) is 0 Å². The van der Waals surface area contributed by atoms with E-state index in [-0.39, 0.29) is 0 Å². The smallest absolute Gasteiger partial charge is 0.0221 e. The van der Waals surface area contributed by atoms with E-state index < -0.39 is 0 Å². The fourth-order valence-corrected chi connectivity index (χ4v) is 4.23. The molecule has 3 atom stereocenters. The standard InChI is InChI=1S/C16H32N2/c1-16(2,3)14-9-4-5-10-15(14)18-11-7-6-8-13(18)12-17/h13-15H,4-12,17H2,1-3H3. The lowest BCUT2D eigenvalue weighted by atomic mass is 9.68. The van der Waals surface area contributed by atoms with Crippen molar-refractivity contribution in [1.82, 2.24) is 4.90 Å². The van der Waals surface area contributed by atoms with Crippen LogP contribution in [0.25, 0.3) is 0 Å². The fourth-order valence-electron chi connectivity index (χ4n) is 4.23. The van der Waals surface area contributed by atoms with E-state index >= 15 is 0 Å². The summed E-state index contributed by atoms with van der Waals surface area (Å²) >= 11 is 0. The lowest BCUT2D eigenvalue weighted by Crippen LogP contribution is -2.55. The number of hydrogen-bond donors (Lipinski definition) is 1. The van der Waals surface area contributed by atoms with E-state index in [2.05, 4.69) is 25.7 Å². The van der Waals surface area contributed by atoms with Crippen molar-refractivity contribution < 1.29 is 0 Å². The van der Waals surface area contributed by atoms with Crippen molar-refractivity contribution in [3.8, 4) is 0 Å². The third-order valence-electron chi connectivity index (χ3n) is 5.21. The predicted molar refractivity (Wildman–Crippen MR) is 78.6 cm³/mol. The average Bonchev–Trinajstić information content (AvgIpc) is 2.37. The number of nitrogens with two attached hydrogens (primary N) is 1. The topological polar surface area (TPSA) is 29.3 Å². The Labute approximate surface area is 113 Å². The van der Waals surface area contributed by atoms with Gasteiger partial charge in [-0.3, -0.25) is 4.90 Å². The molecule has 2 nitrogen and oxygen atoms in total. The van der Waals surface area contributed by atoms with Crippen LogP contribution in [-0.2, 0) is 0 Å². The molecular formula is C16H32N2. The molecule has 106 valence electrons. The first kappa shape index (κ1) is 14.3. The van der Waals surface area contributed by atoms with Crippen molar-refractivity contribution in [2.75, 3.05) is 13.1 Å². The van der Waals surface area contributed by atoms with Crippen LogP contribution in [0.2, 0.25) is 0 Å².